The average Bonchev–Trinajstić information content (AvgIpc) is 2.81. The number of fused-ring (bicyclic) bond motifs is 1. The molecule has 3 rings (SSSR count). The molecular weight excluding hydrogens is 258 g/mol. The maximum Gasteiger partial charge on any atom is 0.264 e. The van der Waals surface area contributed by atoms with Crippen molar-refractivity contribution >= 4 is 5.78 Å². The summed E-state index contributed by atoms with van der Waals surface area (Å²) in [7, 11) is 0. The van der Waals surface area contributed by atoms with E-state index in [1.807, 2.05) is 0 Å². The van der Waals surface area contributed by atoms with Gasteiger partial charge in [-0.25, -0.2) is 8.78 Å². The number of H-pyrrole nitrogens is 1. The number of nitrogens with zero attached hydrogens (tertiary/aromatic N) is 3. The summed E-state index contributed by atoms with van der Waals surface area (Å²) in [6.07, 6.45) is 1.09. The molecule has 0 amide bonds. The number of halogens is 2. The molecule has 0 radical (unpaired) electrons. The Morgan fingerprint density at radius 3 is 2.58 bits per heavy atom. The van der Waals surface area contributed by atoms with E-state index in [0.29, 0.717) is 0 Å². The van der Waals surface area contributed by atoms with Gasteiger partial charge >= 0.3 is 0 Å². The SMILES string of the molecule is O=c1[nH]c2ncnn2c(O)c1-c1c(F)cccc1F. The highest BCUT2D eigenvalue weighted by Gasteiger charge is 2.21. The van der Waals surface area contributed by atoms with Crippen LogP contribution in [0.5, 0.6) is 5.88 Å². The van der Waals surface area contributed by atoms with Gasteiger partial charge in [0.1, 0.15) is 23.5 Å². The molecule has 2 N–H and O–H groups in total. The minimum atomic E-state index is -0.958. The largest absolute Gasteiger partial charge is 0.493 e. The van der Waals surface area contributed by atoms with E-state index >= 15 is 0 Å². The molecule has 2 heterocycles. The number of aromatic nitrogens is 4. The number of aromatic hydroxyl groups is 1. The fraction of sp³-hybridized carbons (Fsp3) is 0. The lowest BCUT2D eigenvalue weighted by atomic mass is 10.1. The van der Waals surface area contributed by atoms with Crippen molar-refractivity contribution in [3.63, 3.8) is 0 Å². The smallest absolute Gasteiger partial charge is 0.264 e. The van der Waals surface area contributed by atoms with Crippen molar-refractivity contribution in [3.8, 4) is 17.0 Å². The molecular formula is C11H6F2N4O2. The maximum absolute atomic E-state index is 13.7. The number of hydrogen-bond donors (Lipinski definition) is 2. The fourth-order valence-electron chi connectivity index (χ4n) is 1.82. The zero-order valence-corrected chi connectivity index (χ0v) is 9.26. The Hall–Kier alpha value is -2.77. The summed E-state index contributed by atoms with van der Waals surface area (Å²) < 4.78 is 28.2. The topological polar surface area (TPSA) is 83.3 Å². The molecule has 8 heteroatoms. The molecule has 0 aliphatic heterocycles. The summed E-state index contributed by atoms with van der Waals surface area (Å²) in [5, 5.41) is 13.6. The van der Waals surface area contributed by atoms with Gasteiger partial charge in [-0.1, -0.05) is 6.07 Å². The van der Waals surface area contributed by atoms with Crippen molar-refractivity contribution in [2.75, 3.05) is 0 Å². The monoisotopic (exact) mass is 264 g/mol. The molecule has 0 bridgehead atoms. The average molecular weight is 264 g/mol. The summed E-state index contributed by atoms with van der Waals surface area (Å²) >= 11 is 0. The lowest BCUT2D eigenvalue weighted by Gasteiger charge is -2.07. The zero-order valence-electron chi connectivity index (χ0n) is 9.26. The van der Waals surface area contributed by atoms with Gasteiger partial charge in [-0.05, 0) is 12.1 Å². The van der Waals surface area contributed by atoms with Crippen molar-refractivity contribution < 1.29 is 13.9 Å². The van der Waals surface area contributed by atoms with Gasteiger partial charge in [0.25, 0.3) is 5.56 Å². The molecule has 3 aromatic rings. The predicted molar refractivity (Wildman–Crippen MR) is 60.6 cm³/mol. The molecule has 1 aromatic carbocycles. The predicted octanol–water partition coefficient (Wildman–Crippen LogP) is 1.07. The third-order valence-corrected chi connectivity index (χ3v) is 2.64. The molecule has 6 nitrogen and oxygen atoms in total. The quantitative estimate of drug-likeness (QED) is 0.688. The highest BCUT2D eigenvalue weighted by atomic mass is 19.1. The Labute approximate surface area is 104 Å². The second-order valence-electron chi connectivity index (χ2n) is 3.74. The van der Waals surface area contributed by atoms with Crippen molar-refractivity contribution in [3.05, 3.63) is 46.5 Å². The van der Waals surface area contributed by atoms with Crippen LogP contribution in [0.2, 0.25) is 0 Å². The van der Waals surface area contributed by atoms with Crippen LogP contribution in [0, 0.1) is 11.6 Å². The standard InChI is InChI=1S/C11H6F2N4O2/c12-5-2-1-3-6(13)7(5)8-9(18)16-11-14-4-15-17(11)10(8)19/h1-4,19H,(H,14,15,16,18). The van der Waals surface area contributed by atoms with E-state index in [4.69, 9.17) is 0 Å². The maximum atomic E-state index is 13.7. The molecule has 0 unspecified atom stereocenters. The molecule has 0 fully saturated rings. The Bertz CT molecular complexity index is 820. The van der Waals surface area contributed by atoms with E-state index in [2.05, 4.69) is 15.1 Å². The van der Waals surface area contributed by atoms with Gasteiger partial charge in [-0.15, -0.1) is 0 Å². The summed E-state index contributed by atoms with van der Waals surface area (Å²) in [4.78, 5) is 17.8. The Morgan fingerprint density at radius 2 is 1.89 bits per heavy atom. The van der Waals surface area contributed by atoms with E-state index in [0.717, 1.165) is 29.0 Å². The third kappa shape index (κ3) is 1.57. The van der Waals surface area contributed by atoms with E-state index in [9.17, 15) is 18.7 Å². The number of hydrogen-bond acceptors (Lipinski definition) is 4. The minimum absolute atomic E-state index is 0.0250. The van der Waals surface area contributed by atoms with Gasteiger partial charge < -0.3 is 5.11 Å². The molecule has 19 heavy (non-hydrogen) atoms. The van der Waals surface area contributed by atoms with E-state index in [-0.39, 0.29) is 5.78 Å². The van der Waals surface area contributed by atoms with E-state index in [1.54, 1.807) is 0 Å². The van der Waals surface area contributed by atoms with Crippen molar-refractivity contribution in [2.24, 2.45) is 0 Å². The highest BCUT2D eigenvalue weighted by molar-refractivity contribution is 5.69. The van der Waals surface area contributed by atoms with Crippen LogP contribution in [-0.2, 0) is 0 Å². The van der Waals surface area contributed by atoms with Crippen molar-refractivity contribution in [1.29, 1.82) is 0 Å². The second-order valence-corrected chi connectivity index (χ2v) is 3.74. The zero-order chi connectivity index (χ0) is 13.6. The van der Waals surface area contributed by atoms with Crippen LogP contribution in [0.3, 0.4) is 0 Å². The fourth-order valence-corrected chi connectivity index (χ4v) is 1.82. The summed E-state index contributed by atoms with van der Waals surface area (Å²) in [5.41, 5.74) is -2.01. The van der Waals surface area contributed by atoms with E-state index < -0.39 is 34.2 Å². The number of benzene rings is 1. The number of aromatic amines is 1. The van der Waals surface area contributed by atoms with Crippen LogP contribution in [0.4, 0.5) is 8.78 Å². The van der Waals surface area contributed by atoms with Crippen LogP contribution in [0.25, 0.3) is 16.9 Å². The second kappa shape index (κ2) is 3.87. The summed E-state index contributed by atoms with van der Waals surface area (Å²) in [5.74, 6) is -2.62. The van der Waals surface area contributed by atoms with Crippen LogP contribution < -0.4 is 5.56 Å². The molecule has 0 spiro atoms. The summed E-state index contributed by atoms with van der Waals surface area (Å²) in [6, 6.07) is 3.14. The Balaban J connectivity index is 2.46. The normalized spacial score (nSPS) is 11.1. The lowest BCUT2D eigenvalue weighted by Crippen LogP contribution is -2.14. The highest BCUT2D eigenvalue weighted by Crippen LogP contribution is 2.29. The minimum Gasteiger partial charge on any atom is -0.493 e. The third-order valence-electron chi connectivity index (χ3n) is 2.64. The Morgan fingerprint density at radius 1 is 1.21 bits per heavy atom. The molecule has 0 aliphatic rings. The first-order valence-electron chi connectivity index (χ1n) is 5.19. The van der Waals surface area contributed by atoms with Crippen molar-refractivity contribution in [1.82, 2.24) is 19.6 Å². The lowest BCUT2D eigenvalue weighted by molar-refractivity contribution is 0.435. The van der Waals surface area contributed by atoms with Crippen LogP contribution in [0.1, 0.15) is 0 Å². The van der Waals surface area contributed by atoms with Gasteiger partial charge in [0.15, 0.2) is 0 Å². The van der Waals surface area contributed by atoms with Gasteiger partial charge in [-0.3, -0.25) is 9.78 Å². The van der Waals surface area contributed by atoms with Crippen LogP contribution in [0.15, 0.2) is 29.3 Å². The Kier molecular flexibility index (Phi) is 2.31. The first-order chi connectivity index (χ1) is 9.09. The summed E-state index contributed by atoms with van der Waals surface area (Å²) in [6.45, 7) is 0. The number of nitrogens with one attached hydrogen (secondary N) is 1. The van der Waals surface area contributed by atoms with Crippen LogP contribution >= 0.6 is 0 Å². The molecule has 0 atom stereocenters. The van der Waals surface area contributed by atoms with Gasteiger partial charge in [0.2, 0.25) is 11.7 Å². The van der Waals surface area contributed by atoms with Gasteiger partial charge in [0, 0.05) is 0 Å². The van der Waals surface area contributed by atoms with Crippen LogP contribution in [-0.4, -0.2) is 24.7 Å². The molecule has 96 valence electrons. The van der Waals surface area contributed by atoms with Crippen molar-refractivity contribution in [2.45, 2.75) is 0 Å². The van der Waals surface area contributed by atoms with Gasteiger partial charge in [-0.2, -0.15) is 14.6 Å². The first-order valence-corrected chi connectivity index (χ1v) is 5.19. The first kappa shape index (κ1) is 11.3. The molecule has 0 saturated carbocycles. The van der Waals surface area contributed by atoms with E-state index in [1.165, 1.54) is 0 Å². The molecule has 0 saturated heterocycles. The molecule has 0 aliphatic carbocycles. The molecule has 2 aromatic heterocycles. The van der Waals surface area contributed by atoms with Gasteiger partial charge in [0.05, 0.1) is 5.56 Å². The number of rotatable bonds is 1.